The monoisotopic (exact) mass is 244 g/mol. The fraction of sp³-hybridized carbons (Fsp3) is 0.250. The smallest absolute Gasteiger partial charge is 0.407 e. The summed E-state index contributed by atoms with van der Waals surface area (Å²) in [6.07, 6.45) is 4.51. The Bertz CT molecular complexity index is 579. The molecular formula is C12H12N4O2. The largest absolute Gasteiger partial charge is 0.465 e. The minimum Gasteiger partial charge on any atom is -0.465 e. The molecule has 0 unspecified atom stereocenters. The fourth-order valence-corrected chi connectivity index (χ4v) is 2.08. The van der Waals surface area contributed by atoms with E-state index >= 15 is 0 Å². The van der Waals surface area contributed by atoms with Gasteiger partial charge in [-0.25, -0.2) is 9.78 Å². The van der Waals surface area contributed by atoms with Gasteiger partial charge in [0.2, 0.25) is 0 Å². The van der Waals surface area contributed by atoms with E-state index < -0.39 is 6.09 Å². The number of pyridine rings is 1. The van der Waals surface area contributed by atoms with E-state index in [-0.39, 0.29) is 0 Å². The SMILES string of the molecule is O=C(O)N1CCn2cc(-c3ccncc3)nc2C1. The molecule has 18 heavy (non-hydrogen) atoms. The molecule has 0 spiro atoms. The molecular weight excluding hydrogens is 232 g/mol. The van der Waals surface area contributed by atoms with Gasteiger partial charge in [0.25, 0.3) is 0 Å². The summed E-state index contributed by atoms with van der Waals surface area (Å²) >= 11 is 0. The predicted molar refractivity (Wildman–Crippen MR) is 63.9 cm³/mol. The Morgan fingerprint density at radius 3 is 2.78 bits per heavy atom. The predicted octanol–water partition coefficient (Wildman–Crippen LogP) is 1.44. The van der Waals surface area contributed by atoms with Crippen molar-refractivity contribution < 1.29 is 9.90 Å². The Labute approximate surface area is 104 Å². The van der Waals surface area contributed by atoms with Gasteiger partial charge in [-0.1, -0.05) is 0 Å². The molecule has 1 aliphatic heterocycles. The molecule has 2 aromatic rings. The lowest BCUT2D eigenvalue weighted by molar-refractivity contribution is 0.131. The van der Waals surface area contributed by atoms with E-state index in [1.54, 1.807) is 12.4 Å². The van der Waals surface area contributed by atoms with E-state index in [0.717, 1.165) is 17.1 Å². The highest BCUT2D eigenvalue weighted by molar-refractivity contribution is 5.65. The van der Waals surface area contributed by atoms with E-state index in [2.05, 4.69) is 9.97 Å². The average molecular weight is 244 g/mol. The van der Waals surface area contributed by atoms with E-state index in [1.165, 1.54) is 4.90 Å². The summed E-state index contributed by atoms with van der Waals surface area (Å²) in [6, 6.07) is 3.78. The topological polar surface area (TPSA) is 71.2 Å². The van der Waals surface area contributed by atoms with Crippen LogP contribution in [0.15, 0.2) is 30.7 Å². The van der Waals surface area contributed by atoms with Gasteiger partial charge in [-0.3, -0.25) is 9.88 Å². The zero-order valence-corrected chi connectivity index (χ0v) is 9.65. The third-order valence-electron chi connectivity index (χ3n) is 3.05. The van der Waals surface area contributed by atoms with Crippen LogP contribution in [-0.4, -0.2) is 37.2 Å². The second-order valence-electron chi connectivity index (χ2n) is 4.18. The van der Waals surface area contributed by atoms with Crippen LogP contribution in [0, 0.1) is 0 Å². The summed E-state index contributed by atoms with van der Waals surface area (Å²) in [5.74, 6) is 0.787. The van der Waals surface area contributed by atoms with Crippen molar-refractivity contribution in [2.45, 2.75) is 13.1 Å². The summed E-state index contributed by atoms with van der Waals surface area (Å²) in [5, 5.41) is 8.97. The van der Waals surface area contributed by atoms with Gasteiger partial charge in [0.1, 0.15) is 5.82 Å². The highest BCUT2D eigenvalue weighted by Gasteiger charge is 2.21. The maximum Gasteiger partial charge on any atom is 0.407 e. The van der Waals surface area contributed by atoms with Crippen molar-refractivity contribution in [3.63, 3.8) is 0 Å². The molecule has 2 aromatic heterocycles. The van der Waals surface area contributed by atoms with Crippen LogP contribution in [0.3, 0.4) is 0 Å². The highest BCUT2D eigenvalue weighted by atomic mass is 16.4. The summed E-state index contributed by atoms with van der Waals surface area (Å²) in [4.78, 5) is 20.7. The van der Waals surface area contributed by atoms with Crippen molar-refractivity contribution in [2.75, 3.05) is 6.54 Å². The zero-order chi connectivity index (χ0) is 12.5. The number of carbonyl (C=O) groups is 1. The fourth-order valence-electron chi connectivity index (χ4n) is 2.08. The highest BCUT2D eigenvalue weighted by Crippen LogP contribution is 2.20. The second kappa shape index (κ2) is 4.14. The van der Waals surface area contributed by atoms with Crippen LogP contribution < -0.4 is 0 Å². The second-order valence-corrected chi connectivity index (χ2v) is 4.18. The summed E-state index contributed by atoms with van der Waals surface area (Å²) in [7, 11) is 0. The Hall–Kier alpha value is -2.37. The molecule has 0 bridgehead atoms. The van der Waals surface area contributed by atoms with Crippen molar-refractivity contribution in [2.24, 2.45) is 0 Å². The van der Waals surface area contributed by atoms with Gasteiger partial charge in [-0.2, -0.15) is 0 Å². The molecule has 0 atom stereocenters. The average Bonchev–Trinajstić information content (AvgIpc) is 2.82. The molecule has 0 aliphatic carbocycles. The van der Waals surface area contributed by atoms with Crippen LogP contribution in [0.25, 0.3) is 11.3 Å². The Kier molecular flexibility index (Phi) is 2.47. The van der Waals surface area contributed by atoms with Crippen LogP contribution in [-0.2, 0) is 13.1 Å². The molecule has 0 saturated carbocycles. The van der Waals surface area contributed by atoms with Crippen molar-refractivity contribution in [1.82, 2.24) is 19.4 Å². The van der Waals surface area contributed by atoms with Gasteiger partial charge in [-0.05, 0) is 12.1 Å². The number of rotatable bonds is 1. The molecule has 0 aromatic carbocycles. The lowest BCUT2D eigenvalue weighted by Gasteiger charge is -2.24. The van der Waals surface area contributed by atoms with Crippen molar-refractivity contribution in [3.8, 4) is 11.3 Å². The van der Waals surface area contributed by atoms with Gasteiger partial charge >= 0.3 is 6.09 Å². The molecule has 1 N–H and O–H groups in total. The third-order valence-corrected chi connectivity index (χ3v) is 3.05. The van der Waals surface area contributed by atoms with Crippen LogP contribution in [0.4, 0.5) is 4.79 Å². The first-order valence-electron chi connectivity index (χ1n) is 5.68. The lowest BCUT2D eigenvalue weighted by atomic mass is 10.2. The van der Waals surface area contributed by atoms with Crippen molar-refractivity contribution in [1.29, 1.82) is 0 Å². The quantitative estimate of drug-likeness (QED) is 0.823. The first-order valence-corrected chi connectivity index (χ1v) is 5.68. The molecule has 3 heterocycles. The first-order chi connectivity index (χ1) is 8.74. The molecule has 0 radical (unpaired) electrons. The molecule has 92 valence electrons. The third kappa shape index (κ3) is 1.81. The normalized spacial score (nSPS) is 14.3. The van der Waals surface area contributed by atoms with Crippen LogP contribution in [0.2, 0.25) is 0 Å². The number of hydrogen-bond acceptors (Lipinski definition) is 3. The minimum atomic E-state index is -0.894. The van der Waals surface area contributed by atoms with E-state index in [9.17, 15) is 4.79 Å². The zero-order valence-electron chi connectivity index (χ0n) is 9.65. The number of imidazole rings is 1. The Morgan fingerprint density at radius 2 is 2.06 bits per heavy atom. The van der Waals surface area contributed by atoms with Gasteiger partial charge in [-0.15, -0.1) is 0 Å². The number of aromatic nitrogens is 3. The van der Waals surface area contributed by atoms with Crippen molar-refractivity contribution >= 4 is 6.09 Å². The van der Waals surface area contributed by atoms with Gasteiger partial charge < -0.3 is 9.67 Å². The molecule has 1 aliphatic rings. The molecule has 6 nitrogen and oxygen atoms in total. The summed E-state index contributed by atoms with van der Waals surface area (Å²) in [5.41, 5.74) is 1.86. The maximum absolute atomic E-state index is 10.9. The standard InChI is InChI=1S/C12H12N4O2/c17-12(18)16-6-5-15-7-10(14-11(15)8-16)9-1-3-13-4-2-9/h1-4,7H,5-6,8H2,(H,17,18). The summed E-state index contributed by atoms with van der Waals surface area (Å²) in [6.45, 7) is 1.51. The summed E-state index contributed by atoms with van der Waals surface area (Å²) < 4.78 is 2.01. The maximum atomic E-state index is 10.9. The number of carboxylic acid groups (broad SMARTS) is 1. The van der Waals surface area contributed by atoms with Crippen LogP contribution in [0.5, 0.6) is 0 Å². The molecule has 3 rings (SSSR count). The van der Waals surface area contributed by atoms with Crippen molar-refractivity contribution in [3.05, 3.63) is 36.5 Å². The van der Waals surface area contributed by atoms with Gasteiger partial charge in [0.15, 0.2) is 0 Å². The molecule has 0 fully saturated rings. The Morgan fingerprint density at radius 1 is 1.28 bits per heavy atom. The van der Waals surface area contributed by atoms with Gasteiger partial charge in [0, 0.05) is 37.2 Å². The van der Waals surface area contributed by atoms with Crippen LogP contribution in [0.1, 0.15) is 5.82 Å². The minimum absolute atomic E-state index is 0.348. The van der Waals surface area contributed by atoms with Crippen LogP contribution >= 0.6 is 0 Å². The number of fused-ring (bicyclic) bond motifs is 1. The number of amides is 1. The molecule has 1 amide bonds. The lowest BCUT2D eigenvalue weighted by Crippen LogP contribution is -2.37. The molecule has 0 saturated heterocycles. The van der Waals surface area contributed by atoms with E-state index in [1.807, 2.05) is 22.9 Å². The Balaban J connectivity index is 1.92. The number of nitrogens with zero attached hydrogens (tertiary/aromatic N) is 4. The van der Waals surface area contributed by atoms with Gasteiger partial charge in [0.05, 0.1) is 12.2 Å². The molecule has 6 heteroatoms. The number of hydrogen-bond donors (Lipinski definition) is 1. The van der Waals surface area contributed by atoms with E-state index in [0.29, 0.717) is 19.6 Å². The first kappa shape index (κ1) is 10.8. The van der Waals surface area contributed by atoms with E-state index in [4.69, 9.17) is 5.11 Å².